The van der Waals surface area contributed by atoms with Crippen LogP contribution in [0.4, 0.5) is 5.69 Å². The summed E-state index contributed by atoms with van der Waals surface area (Å²) >= 11 is 0. The number of benzene rings is 1. The van der Waals surface area contributed by atoms with Crippen molar-refractivity contribution in [3.8, 4) is 5.75 Å². The van der Waals surface area contributed by atoms with Crippen molar-refractivity contribution < 1.29 is 19.7 Å². The van der Waals surface area contributed by atoms with Crippen LogP contribution in [-0.2, 0) is 11.3 Å². The van der Waals surface area contributed by atoms with Gasteiger partial charge in [-0.25, -0.2) is 9.97 Å². The molecule has 0 amide bonds. The van der Waals surface area contributed by atoms with Crippen LogP contribution in [0.2, 0.25) is 0 Å². The van der Waals surface area contributed by atoms with Crippen molar-refractivity contribution in [2.45, 2.75) is 44.9 Å². The summed E-state index contributed by atoms with van der Waals surface area (Å²) in [5, 5.41) is 20.5. The van der Waals surface area contributed by atoms with E-state index in [4.69, 9.17) is 9.47 Å². The van der Waals surface area contributed by atoms with Crippen molar-refractivity contribution in [2.24, 2.45) is 0 Å². The van der Waals surface area contributed by atoms with E-state index in [0.717, 1.165) is 35.7 Å². The predicted molar refractivity (Wildman–Crippen MR) is 106 cm³/mol. The Balaban J connectivity index is 1.83. The van der Waals surface area contributed by atoms with Crippen LogP contribution in [0.1, 0.15) is 30.7 Å². The Labute approximate surface area is 166 Å². The first-order valence-electron chi connectivity index (χ1n) is 9.81. The number of para-hydroxylation sites is 2. The van der Waals surface area contributed by atoms with Crippen LogP contribution < -0.4 is 9.64 Å². The molecule has 0 radical (unpaired) electrons. The van der Waals surface area contributed by atoms with Gasteiger partial charge >= 0.3 is 0 Å². The van der Waals surface area contributed by atoms with Gasteiger partial charge in [0.15, 0.2) is 0 Å². The summed E-state index contributed by atoms with van der Waals surface area (Å²) in [6.07, 6.45) is 4.00. The molecule has 1 aromatic carbocycles. The van der Waals surface area contributed by atoms with Crippen LogP contribution in [-0.4, -0.2) is 58.8 Å². The standard InChI is InChI=1S/C21H29N3O4/c1-16-22-12-17(13-23-16)14-24-9-8-19(25)20(26)15-27-10-4-5-11-28-21-7-3-2-6-18(21)24/h2-3,6-7,12-13,19-20,25-26H,4-5,8-11,14-15H2,1H3/t19-,20+/m0/s1. The summed E-state index contributed by atoms with van der Waals surface area (Å²) in [5.74, 6) is 1.54. The number of hydrogen-bond donors (Lipinski definition) is 2. The maximum absolute atomic E-state index is 10.3. The molecule has 0 unspecified atom stereocenters. The van der Waals surface area contributed by atoms with Gasteiger partial charge in [-0.1, -0.05) is 12.1 Å². The minimum absolute atomic E-state index is 0.143. The van der Waals surface area contributed by atoms with E-state index >= 15 is 0 Å². The molecule has 7 nitrogen and oxygen atoms in total. The summed E-state index contributed by atoms with van der Waals surface area (Å²) in [6, 6.07) is 7.91. The van der Waals surface area contributed by atoms with Crippen LogP contribution in [0.15, 0.2) is 36.7 Å². The van der Waals surface area contributed by atoms with Gasteiger partial charge in [0.25, 0.3) is 0 Å². The van der Waals surface area contributed by atoms with Gasteiger partial charge in [-0.3, -0.25) is 0 Å². The van der Waals surface area contributed by atoms with E-state index in [0.29, 0.717) is 32.7 Å². The third kappa shape index (κ3) is 5.89. The highest BCUT2D eigenvalue weighted by Crippen LogP contribution is 2.30. The third-order valence-corrected chi connectivity index (χ3v) is 4.78. The minimum Gasteiger partial charge on any atom is -0.491 e. The Morgan fingerprint density at radius 2 is 1.82 bits per heavy atom. The van der Waals surface area contributed by atoms with Gasteiger partial charge in [-0.2, -0.15) is 0 Å². The molecule has 28 heavy (non-hydrogen) atoms. The second-order valence-corrected chi connectivity index (χ2v) is 7.08. The molecular weight excluding hydrogens is 358 g/mol. The number of aliphatic hydroxyl groups is 2. The van der Waals surface area contributed by atoms with Crippen LogP contribution in [0.25, 0.3) is 0 Å². The number of anilines is 1. The van der Waals surface area contributed by atoms with E-state index in [1.54, 1.807) is 0 Å². The summed E-state index contributed by atoms with van der Waals surface area (Å²) < 4.78 is 11.5. The maximum Gasteiger partial charge on any atom is 0.142 e. The van der Waals surface area contributed by atoms with Crippen molar-refractivity contribution in [1.29, 1.82) is 0 Å². The minimum atomic E-state index is -0.890. The topological polar surface area (TPSA) is 87.9 Å². The molecule has 2 aromatic rings. The maximum atomic E-state index is 10.3. The number of ether oxygens (including phenoxy) is 2. The van der Waals surface area contributed by atoms with Crippen molar-refractivity contribution >= 4 is 5.69 Å². The highest BCUT2D eigenvalue weighted by Gasteiger charge is 2.20. The normalized spacial score (nSPS) is 22.0. The lowest BCUT2D eigenvalue weighted by Crippen LogP contribution is -2.35. The first-order chi connectivity index (χ1) is 13.6. The Morgan fingerprint density at radius 3 is 2.64 bits per heavy atom. The molecule has 0 fully saturated rings. The molecule has 3 rings (SSSR count). The highest BCUT2D eigenvalue weighted by molar-refractivity contribution is 5.58. The molecule has 0 spiro atoms. The molecule has 2 heterocycles. The number of hydrogen-bond acceptors (Lipinski definition) is 7. The number of aliphatic hydroxyl groups excluding tert-OH is 2. The van der Waals surface area contributed by atoms with E-state index in [1.807, 2.05) is 43.6 Å². The number of aryl methyl sites for hydroxylation is 1. The molecule has 0 bridgehead atoms. The van der Waals surface area contributed by atoms with Crippen LogP contribution in [0.3, 0.4) is 0 Å². The fourth-order valence-corrected chi connectivity index (χ4v) is 3.13. The van der Waals surface area contributed by atoms with Crippen molar-refractivity contribution in [1.82, 2.24) is 9.97 Å². The van der Waals surface area contributed by atoms with E-state index in [1.165, 1.54) is 0 Å². The molecule has 0 saturated heterocycles. The predicted octanol–water partition coefficient (Wildman–Crippen LogP) is 2.09. The van der Waals surface area contributed by atoms with Crippen molar-refractivity contribution in [3.63, 3.8) is 0 Å². The zero-order valence-corrected chi connectivity index (χ0v) is 16.3. The van der Waals surface area contributed by atoms with Crippen LogP contribution in [0, 0.1) is 6.92 Å². The molecule has 1 aliphatic rings. The lowest BCUT2D eigenvalue weighted by molar-refractivity contribution is -0.0405. The van der Waals surface area contributed by atoms with E-state index in [9.17, 15) is 10.2 Å². The van der Waals surface area contributed by atoms with Gasteiger partial charge in [0.2, 0.25) is 0 Å². The van der Waals surface area contributed by atoms with Gasteiger partial charge in [0, 0.05) is 37.7 Å². The second-order valence-electron chi connectivity index (χ2n) is 7.08. The Hall–Kier alpha value is -2.22. The first kappa shape index (κ1) is 20.5. The second kappa shape index (κ2) is 10.4. The smallest absolute Gasteiger partial charge is 0.142 e. The number of nitrogens with zero attached hydrogens (tertiary/aromatic N) is 3. The van der Waals surface area contributed by atoms with Crippen molar-refractivity contribution in [2.75, 3.05) is 31.3 Å². The molecular formula is C21H29N3O4. The summed E-state index contributed by atoms with van der Waals surface area (Å²) in [7, 11) is 0. The summed E-state index contributed by atoms with van der Waals surface area (Å²) in [6.45, 7) is 4.28. The number of fused-ring (bicyclic) bond motifs is 1. The fourth-order valence-electron chi connectivity index (χ4n) is 3.13. The monoisotopic (exact) mass is 387 g/mol. The van der Waals surface area contributed by atoms with Crippen molar-refractivity contribution in [3.05, 3.63) is 48.0 Å². The van der Waals surface area contributed by atoms with Gasteiger partial charge in [0.1, 0.15) is 17.7 Å². The van der Waals surface area contributed by atoms with E-state index < -0.39 is 12.2 Å². The lowest BCUT2D eigenvalue weighted by Gasteiger charge is -2.29. The molecule has 0 saturated carbocycles. The average Bonchev–Trinajstić information content (AvgIpc) is 2.71. The molecule has 7 heteroatoms. The third-order valence-electron chi connectivity index (χ3n) is 4.78. The summed E-state index contributed by atoms with van der Waals surface area (Å²) in [4.78, 5) is 10.7. The van der Waals surface area contributed by atoms with Gasteiger partial charge in [-0.15, -0.1) is 0 Å². The Morgan fingerprint density at radius 1 is 1.07 bits per heavy atom. The van der Waals surface area contributed by atoms with Crippen LogP contribution >= 0.6 is 0 Å². The molecule has 0 aliphatic carbocycles. The Kier molecular flexibility index (Phi) is 7.59. The molecule has 1 aliphatic heterocycles. The van der Waals surface area contributed by atoms with E-state index in [2.05, 4.69) is 14.9 Å². The van der Waals surface area contributed by atoms with Gasteiger partial charge < -0.3 is 24.6 Å². The molecule has 2 N–H and O–H groups in total. The lowest BCUT2D eigenvalue weighted by atomic mass is 10.1. The molecule has 152 valence electrons. The highest BCUT2D eigenvalue weighted by atomic mass is 16.5. The summed E-state index contributed by atoms with van der Waals surface area (Å²) in [5.41, 5.74) is 1.93. The zero-order valence-electron chi connectivity index (χ0n) is 16.3. The fraction of sp³-hybridized carbons (Fsp3) is 0.524. The SMILES string of the molecule is Cc1ncc(CN2CC[C@H](O)[C@H](O)COCCCCOc3ccccc32)cn1. The number of rotatable bonds is 2. The van der Waals surface area contributed by atoms with Gasteiger partial charge in [-0.05, 0) is 38.3 Å². The number of aromatic nitrogens is 2. The van der Waals surface area contributed by atoms with Gasteiger partial charge in [0.05, 0.1) is 25.0 Å². The largest absolute Gasteiger partial charge is 0.491 e. The quantitative estimate of drug-likeness (QED) is 0.816. The zero-order chi connectivity index (χ0) is 19.8. The molecule has 2 atom stereocenters. The first-order valence-corrected chi connectivity index (χ1v) is 9.81. The van der Waals surface area contributed by atoms with E-state index in [-0.39, 0.29) is 6.61 Å². The molecule has 1 aromatic heterocycles. The average molecular weight is 387 g/mol. The Bertz CT molecular complexity index is 726. The van der Waals surface area contributed by atoms with Crippen LogP contribution in [0.5, 0.6) is 5.75 Å².